The Hall–Kier alpha value is -2.71. The van der Waals surface area contributed by atoms with Crippen LogP contribution in [0.1, 0.15) is 36.6 Å². The van der Waals surface area contributed by atoms with E-state index in [0.717, 1.165) is 35.3 Å². The fourth-order valence-corrected chi connectivity index (χ4v) is 5.73. The van der Waals surface area contributed by atoms with E-state index in [-0.39, 0.29) is 11.8 Å². The molecular formula is C21H22N4O3S. The number of hydrogen-bond acceptors (Lipinski definition) is 4. The number of fused-ring (bicyclic) bond motifs is 2. The Balaban J connectivity index is 1.32. The van der Waals surface area contributed by atoms with Crippen molar-refractivity contribution >= 4 is 32.7 Å². The van der Waals surface area contributed by atoms with Crippen molar-refractivity contribution in [1.29, 1.82) is 0 Å². The van der Waals surface area contributed by atoms with E-state index in [4.69, 9.17) is 0 Å². The number of hydrogen-bond donors (Lipinski definition) is 2. The number of carbonyl (C=O) groups is 1. The Bertz CT molecular complexity index is 1160. The van der Waals surface area contributed by atoms with Crippen LogP contribution >= 0.6 is 0 Å². The number of amides is 1. The van der Waals surface area contributed by atoms with Crippen molar-refractivity contribution in [3.63, 3.8) is 0 Å². The lowest BCUT2D eigenvalue weighted by molar-refractivity contribution is -0.116. The van der Waals surface area contributed by atoms with Gasteiger partial charge in [-0.15, -0.1) is 0 Å². The second-order valence-corrected chi connectivity index (χ2v) is 9.62. The van der Waals surface area contributed by atoms with Crippen molar-refractivity contribution in [3.8, 4) is 0 Å². The molecule has 0 bridgehead atoms. The number of anilines is 1. The molecular weight excluding hydrogens is 388 g/mol. The van der Waals surface area contributed by atoms with E-state index in [9.17, 15) is 13.2 Å². The molecule has 2 aliphatic rings. The van der Waals surface area contributed by atoms with Crippen LogP contribution in [0.15, 0.2) is 47.4 Å². The van der Waals surface area contributed by atoms with E-state index in [1.165, 1.54) is 0 Å². The van der Waals surface area contributed by atoms with E-state index in [1.807, 2.05) is 24.3 Å². The smallest absolute Gasteiger partial charge is 0.243 e. The highest BCUT2D eigenvalue weighted by Gasteiger charge is 2.31. The zero-order valence-electron chi connectivity index (χ0n) is 15.9. The van der Waals surface area contributed by atoms with Crippen molar-refractivity contribution in [2.45, 2.75) is 36.5 Å². The van der Waals surface area contributed by atoms with Gasteiger partial charge in [0.05, 0.1) is 15.9 Å². The molecule has 3 aromatic rings. The summed E-state index contributed by atoms with van der Waals surface area (Å²) in [6.07, 6.45) is 2.43. The van der Waals surface area contributed by atoms with E-state index < -0.39 is 10.0 Å². The average molecular weight is 410 g/mol. The number of sulfonamides is 1. The van der Waals surface area contributed by atoms with Gasteiger partial charge >= 0.3 is 0 Å². The number of aryl methyl sites for hydroxylation is 1. The predicted molar refractivity (Wildman–Crippen MR) is 110 cm³/mol. The van der Waals surface area contributed by atoms with Crippen molar-refractivity contribution in [2.75, 3.05) is 18.4 Å². The van der Waals surface area contributed by atoms with Gasteiger partial charge in [0.1, 0.15) is 5.82 Å². The average Bonchev–Trinajstić information content (AvgIpc) is 3.17. The lowest BCUT2D eigenvalue weighted by Gasteiger charge is -2.30. The molecule has 0 atom stereocenters. The molecule has 1 saturated heterocycles. The molecule has 2 aromatic carbocycles. The molecule has 0 saturated carbocycles. The number of H-pyrrole nitrogens is 1. The minimum absolute atomic E-state index is 0.0271. The molecule has 1 aromatic heterocycles. The molecule has 150 valence electrons. The van der Waals surface area contributed by atoms with Gasteiger partial charge in [0.25, 0.3) is 0 Å². The Morgan fingerprint density at radius 2 is 1.83 bits per heavy atom. The first-order valence-electron chi connectivity index (χ1n) is 9.88. The van der Waals surface area contributed by atoms with Crippen molar-refractivity contribution in [2.24, 2.45) is 0 Å². The molecule has 7 nitrogen and oxygen atoms in total. The number of imidazole rings is 1. The summed E-state index contributed by atoms with van der Waals surface area (Å²) in [5.41, 5.74) is 3.55. The topological polar surface area (TPSA) is 95.2 Å². The van der Waals surface area contributed by atoms with Crippen LogP contribution in [0.4, 0.5) is 5.69 Å². The number of aromatic amines is 1. The van der Waals surface area contributed by atoms with E-state index in [2.05, 4.69) is 15.3 Å². The van der Waals surface area contributed by atoms with Gasteiger partial charge in [-0.1, -0.05) is 12.1 Å². The van der Waals surface area contributed by atoms with Crippen LogP contribution in [-0.4, -0.2) is 41.7 Å². The molecule has 5 rings (SSSR count). The van der Waals surface area contributed by atoms with Gasteiger partial charge in [-0.05, 0) is 55.2 Å². The third-order valence-electron chi connectivity index (χ3n) is 5.86. The summed E-state index contributed by atoms with van der Waals surface area (Å²) in [4.78, 5) is 19.9. The molecule has 2 N–H and O–H groups in total. The second kappa shape index (κ2) is 6.96. The van der Waals surface area contributed by atoms with Crippen molar-refractivity contribution < 1.29 is 13.2 Å². The van der Waals surface area contributed by atoms with Gasteiger partial charge in [-0.3, -0.25) is 4.79 Å². The van der Waals surface area contributed by atoms with E-state index >= 15 is 0 Å². The highest BCUT2D eigenvalue weighted by atomic mass is 32.2. The summed E-state index contributed by atoms with van der Waals surface area (Å²) >= 11 is 0. The second-order valence-electron chi connectivity index (χ2n) is 7.68. The van der Waals surface area contributed by atoms with Crippen LogP contribution in [0.5, 0.6) is 0 Å². The largest absolute Gasteiger partial charge is 0.342 e. The zero-order valence-corrected chi connectivity index (χ0v) is 16.7. The molecule has 29 heavy (non-hydrogen) atoms. The number of piperidine rings is 1. The number of para-hydroxylation sites is 2. The zero-order chi connectivity index (χ0) is 20.0. The van der Waals surface area contributed by atoms with Crippen LogP contribution < -0.4 is 5.32 Å². The first-order valence-corrected chi connectivity index (χ1v) is 11.3. The third kappa shape index (κ3) is 3.32. The van der Waals surface area contributed by atoms with E-state index in [1.54, 1.807) is 22.5 Å². The fraction of sp³-hybridized carbons (Fsp3) is 0.333. The summed E-state index contributed by atoms with van der Waals surface area (Å²) < 4.78 is 27.8. The monoisotopic (exact) mass is 410 g/mol. The van der Waals surface area contributed by atoms with Crippen LogP contribution in [0.25, 0.3) is 11.0 Å². The summed E-state index contributed by atoms with van der Waals surface area (Å²) in [7, 11) is -3.55. The Morgan fingerprint density at radius 3 is 2.62 bits per heavy atom. The van der Waals surface area contributed by atoms with E-state index in [0.29, 0.717) is 36.5 Å². The van der Waals surface area contributed by atoms with Gasteiger partial charge in [0.2, 0.25) is 15.9 Å². The number of carbonyl (C=O) groups excluding carboxylic acids is 1. The van der Waals surface area contributed by atoms with Gasteiger partial charge in [0, 0.05) is 31.1 Å². The predicted octanol–water partition coefficient (Wildman–Crippen LogP) is 3.02. The highest BCUT2D eigenvalue weighted by molar-refractivity contribution is 7.89. The number of rotatable bonds is 3. The Kier molecular flexibility index (Phi) is 4.40. The first kappa shape index (κ1) is 18.3. The van der Waals surface area contributed by atoms with Crippen LogP contribution in [0, 0.1) is 0 Å². The summed E-state index contributed by atoms with van der Waals surface area (Å²) in [5, 5.41) is 2.80. The quantitative estimate of drug-likeness (QED) is 0.694. The number of nitrogens with one attached hydrogen (secondary N) is 2. The molecule has 1 amide bonds. The Labute approximate surface area is 169 Å². The normalized spacial score (nSPS) is 18.6. The maximum Gasteiger partial charge on any atom is 0.243 e. The molecule has 8 heteroatoms. The van der Waals surface area contributed by atoms with Gasteiger partial charge in [-0.2, -0.15) is 4.31 Å². The number of benzene rings is 2. The maximum absolute atomic E-state index is 13.1. The summed E-state index contributed by atoms with van der Waals surface area (Å²) in [5.74, 6) is 1.14. The van der Waals surface area contributed by atoms with Crippen LogP contribution in [0.3, 0.4) is 0 Å². The molecule has 0 unspecified atom stereocenters. The van der Waals surface area contributed by atoms with Crippen LogP contribution in [-0.2, 0) is 21.2 Å². The minimum atomic E-state index is -3.55. The highest BCUT2D eigenvalue weighted by Crippen LogP contribution is 2.32. The third-order valence-corrected chi connectivity index (χ3v) is 7.75. The molecule has 0 aliphatic carbocycles. The number of nitrogens with zero attached hydrogens (tertiary/aromatic N) is 2. The molecule has 2 aliphatic heterocycles. The van der Waals surface area contributed by atoms with Gasteiger partial charge in [-0.25, -0.2) is 13.4 Å². The summed E-state index contributed by atoms with van der Waals surface area (Å²) in [6.45, 7) is 0.940. The molecule has 0 spiro atoms. The summed E-state index contributed by atoms with van der Waals surface area (Å²) in [6, 6.07) is 12.9. The number of aromatic nitrogens is 2. The van der Waals surface area contributed by atoms with Gasteiger partial charge in [0.15, 0.2) is 0 Å². The SMILES string of the molecule is O=C1CCc2cc(S(=O)(=O)N3CCC(c4nc5ccccc5[nH]4)CC3)ccc2N1. The lowest BCUT2D eigenvalue weighted by Crippen LogP contribution is -2.38. The van der Waals surface area contributed by atoms with Crippen molar-refractivity contribution in [3.05, 3.63) is 53.9 Å². The van der Waals surface area contributed by atoms with Crippen molar-refractivity contribution in [1.82, 2.24) is 14.3 Å². The van der Waals surface area contributed by atoms with Gasteiger partial charge < -0.3 is 10.3 Å². The fourth-order valence-electron chi connectivity index (χ4n) is 4.20. The molecule has 1 fully saturated rings. The lowest BCUT2D eigenvalue weighted by atomic mass is 9.97. The molecule has 3 heterocycles. The molecule has 0 radical (unpaired) electrons. The maximum atomic E-state index is 13.1. The standard InChI is InChI=1S/C21H22N4O3S/c26-20-8-5-15-13-16(6-7-17(15)22-20)29(27,28)25-11-9-14(10-12-25)21-23-18-3-1-2-4-19(18)24-21/h1-4,6-7,13-14H,5,8-12H2,(H,22,26)(H,23,24). The van der Waals surface area contributed by atoms with Crippen LogP contribution in [0.2, 0.25) is 0 Å². The Morgan fingerprint density at radius 1 is 1.03 bits per heavy atom. The first-order chi connectivity index (χ1) is 14.0. The minimum Gasteiger partial charge on any atom is -0.342 e.